The number of benzene rings is 2. The Morgan fingerprint density at radius 3 is 2.60 bits per heavy atom. The van der Waals surface area contributed by atoms with Crippen LogP contribution in [0.5, 0.6) is 11.5 Å². The van der Waals surface area contributed by atoms with Gasteiger partial charge in [-0.25, -0.2) is 8.78 Å². The zero-order valence-electron chi connectivity index (χ0n) is 20.0. The predicted octanol–water partition coefficient (Wildman–Crippen LogP) is 2.80. The molecule has 0 aliphatic carbocycles. The molecule has 188 valence electrons. The second-order valence-electron chi connectivity index (χ2n) is 8.02. The van der Waals surface area contributed by atoms with Crippen molar-refractivity contribution in [2.24, 2.45) is 0 Å². The lowest BCUT2D eigenvalue weighted by Gasteiger charge is -2.33. The number of ketones is 1. The highest BCUT2D eigenvalue weighted by atomic mass is 19.1. The largest absolute Gasteiger partial charge is 0.482 e. The monoisotopic (exact) mass is 489 g/mol. The molecule has 0 aromatic heterocycles. The van der Waals surface area contributed by atoms with Gasteiger partial charge in [-0.3, -0.25) is 19.3 Å². The normalized spacial score (nSPS) is 13.8. The average molecular weight is 490 g/mol. The molecule has 0 saturated heterocycles. The van der Waals surface area contributed by atoms with Gasteiger partial charge in [0.15, 0.2) is 30.6 Å². The summed E-state index contributed by atoms with van der Waals surface area (Å²) in [6, 6.07) is 6.42. The van der Waals surface area contributed by atoms with Gasteiger partial charge in [0.1, 0.15) is 17.6 Å². The molecule has 2 aromatic carbocycles. The van der Waals surface area contributed by atoms with Crippen molar-refractivity contribution in [3.05, 3.63) is 53.6 Å². The summed E-state index contributed by atoms with van der Waals surface area (Å²) in [4.78, 5) is 41.6. The summed E-state index contributed by atoms with van der Waals surface area (Å²) in [5.74, 6) is -2.82. The highest BCUT2D eigenvalue weighted by Gasteiger charge is 2.33. The lowest BCUT2D eigenvalue weighted by atomic mass is 10.1. The van der Waals surface area contributed by atoms with Crippen LogP contribution in [0.3, 0.4) is 0 Å². The zero-order chi connectivity index (χ0) is 25.5. The summed E-state index contributed by atoms with van der Waals surface area (Å²) in [6.07, 6.45) is 0. The summed E-state index contributed by atoms with van der Waals surface area (Å²) in [6.45, 7) is 7.81. The van der Waals surface area contributed by atoms with Crippen LogP contribution in [0.25, 0.3) is 0 Å². The van der Waals surface area contributed by atoms with Gasteiger partial charge in [-0.1, -0.05) is 13.8 Å². The molecule has 0 unspecified atom stereocenters. The number of carbonyl (C=O) groups is 3. The molecule has 0 saturated carbocycles. The van der Waals surface area contributed by atoms with Gasteiger partial charge in [-0.2, -0.15) is 0 Å². The Kier molecular flexibility index (Phi) is 8.75. The van der Waals surface area contributed by atoms with E-state index in [0.29, 0.717) is 24.9 Å². The Morgan fingerprint density at radius 2 is 1.91 bits per heavy atom. The van der Waals surface area contributed by atoms with Gasteiger partial charge in [0.2, 0.25) is 5.91 Å². The van der Waals surface area contributed by atoms with Gasteiger partial charge in [-0.15, -0.1) is 0 Å². The molecule has 10 heteroatoms. The number of carbonyl (C=O) groups excluding carboxylic acids is 3. The van der Waals surface area contributed by atoms with Crippen LogP contribution in [0.4, 0.5) is 14.5 Å². The Balaban J connectivity index is 1.72. The van der Waals surface area contributed by atoms with Gasteiger partial charge in [0.25, 0.3) is 5.91 Å². The minimum atomic E-state index is -0.922. The molecular formula is C25H29F2N3O5. The topological polar surface area (TPSA) is 88.2 Å². The minimum absolute atomic E-state index is 0.184. The molecule has 2 amide bonds. The number of Topliss-reactive ketones (excluding diaryl/α,β-unsaturated/α-hetero) is 1. The van der Waals surface area contributed by atoms with Crippen LogP contribution in [0.2, 0.25) is 0 Å². The molecule has 1 atom stereocenters. The number of likely N-dealkylation sites (N-methyl/N-ethyl adjacent to an activating group) is 1. The van der Waals surface area contributed by atoms with Crippen molar-refractivity contribution in [3.8, 4) is 11.5 Å². The van der Waals surface area contributed by atoms with E-state index in [1.165, 1.54) is 23.1 Å². The molecule has 8 nitrogen and oxygen atoms in total. The van der Waals surface area contributed by atoms with Crippen molar-refractivity contribution in [1.82, 2.24) is 10.2 Å². The molecular weight excluding hydrogens is 460 g/mol. The smallest absolute Gasteiger partial charge is 0.265 e. The summed E-state index contributed by atoms with van der Waals surface area (Å²) >= 11 is 0. The first-order valence-corrected chi connectivity index (χ1v) is 11.4. The fourth-order valence-electron chi connectivity index (χ4n) is 3.73. The fourth-order valence-corrected chi connectivity index (χ4v) is 3.73. The van der Waals surface area contributed by atoms with E-state index in [2.05, 4.69) is 10.2 Å². The van der Waals surface area contributed by atoms with Gasteiger partial charge < -0.3 is 19.7 Å². The third-order valence-electron chi connectivity index (χ3n) is 5.80. The standard InChI is InChI=1S/C25H29F2N3O5/c1-4-29(5-2)11-10-28-25(33)16(3)30-20-12-17(6-8-23(20)35-15-24(30)32)21(31)14-34-22-9-7-18(26)13-19(22)27/h6-9,12-13,16H,4-5,10-11,14-15H2,1-3H3,(H,28,33)/t16-/m1/s1. The molecule has 1 aliphatic heterocycles. The van der Waals surface area contributed by atoms with Crippen LogP contribution < -0.4 is 19.7 Å². The summed E-state index contributed by atoms with van der Waals surface area (Å²) < 4.78 is 37.5. The zero-order valence-corrected chi connectivity index (χ0v) is 20.0. The SMILES string of the molecule is CCN(CC)CCNC(=O)[C@@H](C)N1C(=O)COc2ccc(C(=O)COc3ccc(F)cc3F)cc21. The molecule has 1 heterocycles. The Hall–Kier alpha value is -3.53. The van der Waals surface area contributed by atoms with E-state index in [-0.39, 0.29) is 29.5 Å². The first-order valence-electron chi connectivity index (χ1n) is 11.4. The van der Waals surface area contributed by atoms with E-state index in [1.807, 2.05) is 13.8 Å². The minimum Gasteiger partial charge on any atom is -0.482 e. The Morgan fingerprint density at radius 1 is 1.17 bits per heavy atom. The van der Waals surface area contributed by atoms with Crippen LogP contribution in [0.1, 0.15) is 31.1 Å². The molecule has 3 rings (SSSR count). The lowest BCUT2D eigenvalue weighted by Crippen LogP contribution is -2.52. The van der Waals surface area contributed by atoms with Crippen molar-refractivity contribution >= 4 is 23.3 Å². The molecule has 1 N–H and O–H groups in total. The number of hydrogen-bond donors (Lipinski definition) is 1. The van der Waals surface area contributed by atoms with Crippen molar-refractivity contribution in [2.45, 2.75) is 26.8 Å². The highest BCUT2D eigenvalue weighted by molar-refractivity contribution is 6.05. The van der Waals surface area contributed by atoms with Gasteiger partial charge >= 0.3 is 0 Å². The molecule has 0 spiro atoms. The quantitative estimate of drug-likeness (QED) is 0.489. The average Bonchev–Trinajstić information content (AvgIpc) is 2.85. The number of ether oxygens (including phenoxy) is 2. The number of nitrogens with one attached hydrogen (secondary N) is 1. The van der Waals surface area contributed by atoms with E-state index in [0.717, 1.165) is 25.2 Å². The van der Waals surface area contributed by atoms with Gasteiger partial charge in [0.05, 0.1) is 5.69 Å². The number of halogens is 2. The number of anilines is 1. The number of nitrogens with zero attached hydrogens (tertiary/aromatic N) is 2. The van der Waals surface area contributed by atoms with E-state index < -0.39 is 36.0 Å². The second kappa shape index (κ2) is 11.7. The molecule has 1 aliphatic rings. The van der Waals surface area contributed by atoms with Crippen molar-refractivity contribution < 1.29 is 32.6 Å². The molecule has 35 heavy (non-hydrogen) atoms. The Labute approximate surface area is 202 Å². The molecule has 0 fully saturated rings. The van der Waals surface area contributed by atoms with Crippen LogP contribution >= 0.6 is 0 Å². The van der Waals surface area contributed by atoms with Crippen LogP contribution in [-0.2, 0) is 9.59 Å². The predicted molar refractivity (Wildman–Crippen MR) is 126 cm³/mol. The van der Waals surface area contributed by atoms with E-state index >= 15 is 0 Å². The van der Waals surface area contributed by atoms with E-state index in [9.17, 15) is 23.2 Å². The maximum atomic E-state index is 13.8. The van der Waals surface area contributed by atoms with Crippen LogP contribution in [0.15, 0.2) is 36.4 Å². The Bertz CT molecular complexity index is 1090. The van der Waals surface area contributed by atoms with E-state index in [1.54, 1.807) is 6.92 Å². The number of amides is 2. The number of fused-ring (bicyclic) bond motifs is 1. The molecule has 0 radical (unpaired) electrons. The summed E-state index contributed by atoms with van der Waals surface area (Å²) in [5, 5.41) is 2.85. The highest BCUT2D eigenvalue weighted by Crippen LogP contribution is 2.34. The summed E-state index contributed by atoms with van der Waals surface area (Å²) in [5.41, 5.74) is 0.468. The van der Waals surface area contributed by atoms with Crippen molar-refractivity contribution in [3.63, 3.8) is 0 Å². The van der Waals surface area contributed by atoms with Crippen molar-refractivity contribution in [2.75, 3.05) is 44.3 Å². The number of rotatable bonds is 11. The maximum absolute atomic E-state index is 13.8. The molecule has 0 bridgehead atoms. The second-order valence-corrected chi connectivity index (χ2v) is 8.02. The third kappa shape index (κ3) is 6.33. The van der Waals surface area contributed by atoms with Gasteiger partial charge in [0, 0.05) is 24.7 Å². The van der Waals surface area contributed by atoms with Crippen LogP contribution in [-0.4, -0.2) is 67.9 Å². The first kappa shape index (κ1) is 26.1. The third-order valence-corrected chi connectivity index (χ3v) is 5.80. The lowest BCUT2D eigenvalue weighted by molar-refractivity contribution is -0.127. The first-order chi connectivity index (χ1) is 16.7. The van der Waals surface area contributed by atoms with E-state index in [4.69, 9.17) is 9.47 Å². The van der Waals surface area contributed by atoms with Crippen molar-refractivity contribution in [1.29, 1.82) is 0 Å². The van der Waals surface area contributed by atoms with Gasteiger partial charge in [-0.05, 0) is 50.3 Å². The number of hydrogen-bond acceptors (Lipinski definition) is 6. The summed E-state index contributed by atoms with van der Waals surface area (Å²) in [7, 11) is 0. The van der Waals surface area contributed by atoms with Crippen LogP contribution in [0, 0.1) is 11.6 Å². The maximum Gasteiger partial charge on any atom is 0.265 e. The molecule has 2 aromatic rings. The fraction of sp³-hybridized carbons (Fsp3) is 0.400.